The number of H-pyrrole nitrogens is 1. The summed E-state index contributed by atoms with van der Waals surface area (Å²) in [4.78, 5) is 14.7. The van der Waals surface area contributed by atoms with Crippen LogP contribution in [0.2, 0.25) is 0 Å². The summed E-state index contributed by atoms with van der Waals surface area (Å²) in [5.41, 5.74) is 10.2. The largest absolute Gasteiger partial charge is 0.860 e. The van der Waals surface area contributed by atoms with Crippen molar-refractivity contribution in [3.05, 3.63) is 83.2 Å². The average Bonchev–Trinajstić information content (AvgIpc) is 3.35. The second kappa shape index (κ2) is 9.99. The highest BCUT2D eigenvalue weighted by molar-refractivity contribution is 6.10. The molecule has 0 fully saturated rings. The Morgan fingerprint density at radius 1 is 1.18 bits per heavy atom. The number of allylic oxidation sites excluding steroid dienone is 4. The Morgan fingerprint density at radius 3 is 2.65 bits per heavy atom. The summed E-state index contributed by atoms with van der Waals surface area (Å²) >= 11 is 0. The number of hydrogen-bond acceptors (Lipinski definition) is 9. The molecule has 34 heavy (non-hydrogen) atoms. The molecule has 2 aromatic heterocycles. The van der Waals surface area contributed by atoms with Gasteiger partial charge in [-0.25, -0.2) is 9.98 Å². The molecule has 3 N–H and O–H groups in total. The van der Waals surface area contributed by atoms with Gasteiger partial charge in [-0.1, -0.05) is 30.3 Å². The predicted octanol–water partition coefficient (Wildman–Crippen LogP) is 2.15. The summed E-state index contributed by atoms with van der Waals surface area (Å²) in [7, 11) is 3.42. The van der Waals surface area contributed by atoms with Gasteiger partial charge in [0, 0.05) is 26.7 Å². The van der Waals surface area contributed by atoms with Gasteiger partial charge in [0.1, 0.15) is 23.0 Å². The van der Waals surface area contributed by atoms with Crippen molar-refractivity contribution in [2.24, 2.45) is 4.99 Å². The van der Waals surface area contributed by atoms with Gasteiger partial charge >= 0.3 is 0 Å². The first-order valence-electron chi connectivity index (χ1n) is 10.7. The van der Waals surface area contributed by atoms with E-state index in [0.29, 0.717) is 41.3 Å². The number of aliphatic imine (C=N–C) groups is 1. The second-order valence-electron chi connectivity index (χ2n) is 7.85. The zero-order valence-corrected chi connectivity index (χ0v) is 19.2. The number of anilines is 1. The highest BCUT2D eigenvalue weighted by Crippen LogP contribution is 2.27. The van der Waals surface area contributed by atoms with E-state index in [1.807, 2.05) is 37.3 Å². The van der Waals surface area contributed by atoms with Gasteiger partial charge in [0.25, 0.3) is 5.95 Å². The lowest BCUT2D eigenvalue weighted by Gasteiger charge is -2.28. The molecule has 0 atom stereocenters. The first-order valence-corrected chi connectivity index (χ1v) is 10.7. The van der Waals surface area contributed by atoms with Gasteiger partial charge in [0.05, 0.1) is 18.4 Å². The number of aromatic amines is 1. The number of nitrogens with one attached hydrogen (secondary N) is 1. The molecule has 1 aliphatic rings. The van der Waals surface area contributed by atoms with Gasteiger partial charge in [0.15, 0.2) is 0 Å². The molecule has 10 heteroatoms. The molecule has 1 aliphatic carbocycles. The Labute approximate surface area is 197 Å². The van der Waals surface area contributed by atoms with Crippen molar-refractivity contribution in [3.63, 3.8) is 0 Å². The van der Waals surface area contributed by atoms with Crippen molar-refractivity contribution in [1.82, 2.24) is 30.3 Å². The molecular weight excluding hydrogens is 432 g/mol. The average molecular weight is 458 g/mol. The fourth-order valence-corrected chi connectivity index (χ4v) is 3.35. The zero-order valence-electron chi connectivity index (χ0n) is 19.2. The molecule has 0 bridgehead atoms. The van der Waals surface area contributed by atoms with Crippen LogP contribution in [0.4, 0.5) is 11.8 Å². The van der Waals surface area contributed by atoms with Gasteiger partial charge in [-0.3, -0.25) is 0 Å². The maximum atomic E-state index is 12.7. The SMILES string of the molecule is CC1=CC(=N/c2ncc(-c3cn[nH]n3)c(N)n2)/C(OCCc2ccccc2)=CC/1=C(/[O-])N(C)C. The number of benzene rings is 1. The number of hydrogen-bond donors (Lipinski definition) is 2. The van der Waals surface area contributed by atoms with Crippen LogP contribution < -0.4 is 10.8 Å². The van der Waals surface area contributed by atoms with Crippen LogP contribution in [0.25, 0.3) is 11.3 Å². The standard InChI is InChI=1S/C24H26N8O2/c1-15-11-19(28-24-26-13-18(22(25)29-24)20-14-27-31-30-20)21(12-17(15)23(33)32(2)3)34-10-9-16-7-5-4-6-8-16/h4-8,11-14,33H,9-10H2,1-3H3,(H2,25,26,29)(H,27,30,31)/p-1/b23-17-,28-19-. The van der Waals surface area contributed by atoms with E-state index in [4.69, 9.17) is 10.5 Å². The van der Waals surface area contributed by atoms with Gasteiger partial charge < -0.3 is 20.5 Å². The molecule has 0 saturated heterocycles. The van der Waals surface area contributed by atoms with Crippen LogP contribution >= 0.6 is 0 Å². The second-order valence-corrected chi connectivity index (χ2v) is 7.85. The summed E-state index contributed by atoms with van der Waals surface area (Å²) in [6.07, 6.45) is 7.30. The highest BCUT2D eigenvalue weighted by Gasteiger charge is 2.18. The number of aromatic nitrogens is 5. The first kappa shape index (κ1) is 22.7. The Hall–Kier alpha value is -4.47. The molecule has 3 aromatic rings. The normalized spacial score (nSPS) is 16.1. The number of nitrogen functional groups attached to an aromatic ring is 1. The van der Waals surface area contributed by atoms with Crippen LogP contribution in [0.5, 0.6) is 0 Å². The number of ether oxygens (including phenoxy) is 1. The Bertz CT molecular complexity index is 1280. The third-order valence-corrected chi connectivity index (χ3v) is 5.15. The van der Waals surface area contributed by atoms with Crippen LogP contribution in [-0.2, 0) is 11.2 Å². The summed E-state index contributed by atoms with van der Waals surface area (Å²) in [6, 6.07) is 10.0. The van der Waals surface area contributed by atoms with Crippen molar-refractivity contribution >= 4 is 17.5 Å². The molecule has 2 heterocycles. The van der Waals surface area contributed by atoms with Crippen LogP contribution in [0.3, 0.4) is 0 Å². The summed E-state index contributed by atoms with van der Waals surface area (Å²) in [6.45, 7) is 2.27. The van der Waals surface area contributed by atoms with Crippen LogP contribution in [0, 0.1) is 0 Å². The molecule has 0 unspecified atom stereocenters. The molecule has 10 nitrogen and oxygen atoms in total. The molecule has 4 rings (SSSR count). The van der Waals surface area contributed by atoms with E-state index in [9.17, 15) is 5.11 Å². The van der Waals surface area contributed by atoms with Gasteiger partial charge in [-0.15, -0.1) is 0 Å². The van der Waals surface area contributed by atoms with E-state index < -0.39 is 0 Å². The molecule has 0 spiro atoms. The minimum Gasteiger partial charge on any atom is -0.860 e. The van der Waals surface area contributed by atoms with Crippen LogP contribution in [-0.4, -0.2) is 56.7 Å². The number of nitrogens with two attached hydrogens (primary N) is 1. The van der Waals surface area contributed by atoms with Gasteiger partial charge in [-0.05, 0) is 41.7 Å². The molecule has 0 aliphatic heterocycles. The molecule has 0 saturated carbocycles. The predicted molar refractivity (Wildman–Crippen MR) is 128 cm³/mol. The van der Waals surface area contributed by atoms with Crippen LogP contribution in [0.15, 0.2) is 82.7 Å². The monoisotopic (exact) mass is 457 g/mol. The van der Waals surface area contributed by atoms with Gasteiger partial charge in [-0.2, -0.15) is 20.4 Å². The van der Waals surface area contributed by atoms with Crippen molar-refractivity contribution < 1.29 is 9.84 Å². The molecule has 1 aromatic carbocycles. The maximum Gasteiger partial charge on any atom is 0.251 e. The van der Waals surface area contributed by atoms with Crippen LogP contribution in [0.1, 0.15) is 12.5 Å². The number of rotatable bonds is 7. The highest BCUT2D eigenvalue weighted by atomic mass is 16.5. The van der Waals surface area contributed by atoms with E-state index in [1.165, 1.54) is 11.1 Å². The summed E-state index contributed by atoms with van der Waals surface area (Å²) in [5, 5.41) is 23.0. The minimum atomic E-state index is -0.116. The maximum absolute atomic E-state index is 12.7. The van der Waals surface area contributed by atoms with Crippen molar-refractivity contribution in [2.75, 3.05) is 26.4 Å². The van der Waals surface area contributed by atoms with E-state index in [0.717, 1.165) is 11.1 Å². The lowest BCUT2D eigenvalue weighted by Crippen LogP contribution is -2.25. The topological polar surface area (TPSA) is 141 Å². The van der Waals surface area contributed by atoms with Gasteiger partial charge in [0.2, 0.25) is 0 Å². The number of nitrogens with zero attached hydrogens (tertiary/aromatic N) is 6. The van der Waals surface area contributed by atoms with E-state index >= 15 is 0 Å². The molecule has 174 valence electrons. The molecule has 0 amide bonds. The first-order chi connectivity index (χ1) is 16.4. The summed E-state index contributed by atoms with van der Waals surface area (Å²) < 4.78 is 6.08. The summed E-state index contributed by atoms with van der Waals surface area (Å²) in [5.74, 6) is 0.748. The van der Waals surface area contributed by atoms with Crippen molar-refractivity contribution in [1.29, 1.82) is 0 Å². The van der Waals surface area contributed by atoms with E-state index in [2.05, 4.69) is 30.4 Å². The quantitative estimate of drug-likeness (QED) is 0.514. The van der Waals surface area contributed by atoms with Crippen molar-refractivity contribution in [3.8, 4) is 11.3 Å². The Morgan fingerprint density at radius 2 is 1.97 bits per heavy atom. The smallest absolute Gasteiger partial charge is 0.251 e. The lowest BCUT2D eigenvalue weighted by molar-refractivity contribution is -0.330. The van der Waals surface area contributed by atoms with Crippen molar-refractivity contribution in [2.45, 2.75) is 13.3 Å². The fraction of sp³-hybridized carbons (Fsp3) is 0.208. The molecule has 0 radical (unpaired) electrons. The third kappa shape index (κ3) is 5.12. The minimum absolute atomic E-state index is 0.116. The Balaban J connectivity index is 1.64. The fourth-order valence-electron chi connectivity index (χ4n) is 3.35. The Kier molecular flexibility index (Phi) is 6.67. The molecular formula is C24H25N8O2-. The third-order valence-electron chi connectivity index (χ3n) is 5.15. The zero-order chi connectivity index (χ0) is 24.1. The van der Waals surface area contributed by atoms with E-state index in [-0.39, 0.29) is 17.6 Å². The lowest BCUT2D eigenvalue weighted by atomic mass is 9.98. The van der Waals surface area contributed by atoms with E-state index in [1.54, 1.807) is 32.4 Å².